The van der Waals surface area contributed by atoms with Crippen LogP contribution in [0.15, 0.2) is 23.9 Å². The minimum Gasteiger partial charge on any atom is -0.506 e. The van der Waals surface area contributed by atoms with Crippen LogP contribution in [-0.4, -0.2) is 40.5 Å². The van der Waals surface area contributed by atoms with Gasteiger partial charge in [-0.1, -0.05) is 11.3 Å². The van der Waals surface area contributed by atoms with Crippen LogP contribution < -0.4 is 16.0 Å². The van der Waals surface area contributed by atoms with Gasteiger partial charge in [0.2, 0.25) is 0 Å². The minimum absolute atomic E-state index is 0.0746. The van der Waals surface area contributed by atoms with Crippen molar-refractivity contribution in [3.05, 3.63) is 40.0 Å². The van der Waals surface area contributed by atoms with Gasteiger partial charge in [0.05, 0.1) is 10.6 Å². The molecule has 2 aromatic rings. The number of carbonyl (C=O) groups is 2. The molecule has 0 atom stereocenters. The van der Waals surface area contributed by atoms with Crippen LogP contribution in [-0.2, 0) is 6.42 Å². The smallest absolute Gasteiger partial charge is 0.320 e. The molecule has 0 bridgehead atoms. The Kier molecular flexibility index (Phi) is 5.17. The van der Waals surface area contributed by atoms with E-state index in [0.29, 0.717) is 45.5 Å². The Labute approximate surface area is 154 Å². The van der Waals surface area contributed by atoms with Crippen LogP contribution in [0.2, 0.25) is 0 Å². The van der Waals surface area contributed by atoms with Crippen LogP contribution in [0.4, 0.5) is 15.7 Å². The Balaban J connectivity index is 1.86. The van der Waals surface area contributed by atoms with Gasteiger partial charge in [-0.2, -0.15) is 0 Å². The second-order valence-corrected chi connectivity index (χ2v) is 6.62. The number of anilines is 2. The van der Waals surface area contributed by atoms with Gasteiger partial charge in [-0.25, -0.2) is 14.8 Å². The molecule has 1 aliphatic rings. The summed E-state index contributed by atoms with van der Waals surface area (Å²) in [6.07, 6.45) is 2.41. The highest BCUT2D eigenvalue weighted by Crippen LogP contribution is 2.37. The van der Waals surface area contributed by atoms with Crippen molar-refractivity contribution in [1.29, 1.82) is 0 Å². The van der Waals surface area contributed by atoms with Gasteiger partial charge in [-0.3, -0.25) is 10.1 Å². The van der Waals surface area contributed by atoms with E-state index in [2.05, 4.69) is 25.9 Å². The standard InChI is InChI=1S/C17H19N5O3S/c1-3-19-12-7-4-9(8-20-12)13(23)10-5-6-11-15(14(10)24)26-17(21-11)22-16(25)18-2/h4,7-8,24H,3,5-6H2,1-2H3,(H,19,20)(H2,18,21,22,25). The number of hydrogen-bond acceptors (Lipinski definition) is 7. The molecule has 136 valence electrons. The van der Waals surface area contributed by atoms with Gasteiger partial charge in [0, 0.05) is 30.9 Å². The van der Waals surface area contributed by atoms with Gasteiger partial charge in [0.25, 0.3) is 0 Å². The zero-order chi connectivity index (χ0) is 18.7. The number of pyridine rings is 1. The molecule has 0 radical (unpaired) electrons. The molecule has 0 spiro atoms. The molecule has 2 aromatic heterocycles. The van der Waals surface area contributed by atoms with Crippen molar-refractivity contribution >= 4 is 39.9 Å². The first-order valence-corrected chi connectivity index (χ1v) is 9.00. The van der Waals surface area contributed by atoms with Crippen LogP contribution in [0.1, 0.15) is 34.3 Å². The van der Waals surface area contributed by atoms with Crippen molar-refractivity contribution in [2.75, 3.05) is 24.2 Å². The third-order valence-corrected chi connectivity index (χ3v) is 4.94. The zero-order valence-corrected chi connectivity index (χ0v) is 15.2. The van der Waals surface area contributed by atoms with Crippen LogP contribution in [0.5, 0.6) is 0 Å². The SMILES string of the molecule is CCNc1ccc(C(=O)C2=C(O)c3sc(NC(=O)NC)nc3CC2)cn1. The van der Waals surface area contributed by atoms with E-state index < -0.39 is 0 Å². The minimum atomic E-state index is -0.386. The molecule has 1 aliphatic carbocycles. The lowest BCUT2D eigenvalue weighted by Crippen LogP contribution is -2.24. The number of allylic oxidation sites excluding steroid dienone is 1. The van der Waals surface area contributed by atoms with Crippen LogP contribution in [0.25, 0.3) is 5.76 Å². The Morgan fingerprint density at radius 1 is 1.31 bits per heavy atom. The van der Waals surface area contributed by atoms with Crippen molar-refractivity contribution in [3.63, 3.8) is 0 Å². The molecule has 0 saturated carbocycles. The molecule has 0 fully saturated rings. The van der Waals surface area contributed by atoms with Gasteiger partial charge in [0.1, 0.15) is 11.6 Å². The van der Waals surface area contributed by atoms with Gasteiger partial charge >= 0.3 is 6.03 Å². The van der Waals surface area contributed by atoms with Gasteiger partial charge < -0.3 is 15.7 Å². The van der Waals surface area contributed by atoms with E-state index >= 15 is 0 Å². The van der Waals surface area contributed by atoms with E-state index in [4.69, 9.17) is 0 Å². The topological polar surface area (TPSA) is 116 Å². The highest BCUT2D eigenvalue weighted by atomic mass is 32.1. The monoisotopic (exact) mass is 373 g/mol. The summed E-state index contributed by atoms with van der Waals surface area (Å²) in [5.41, 5.74) is 1.44. The van der Waals surface area contributed by atoms with Crippen molar-refractivity contribution in [2.45, 2.75) is 19.8 Å². The maximum Gasteiger partial charge on any atom is 0.320 e. The number of thiazole rings is 1. The fraction of sp³-hybridized carbons (Fsp3) is 0.294. The summed E-state index contributed by atoms with van der Waals surface area (Å²) in [6, 6.07) is 3.04. The van der Waals surface area contributed by atoms with E-state index in [1.54, 1.807) is 12.1 Å². The number of aryl methyl sites for hydroxylation is 1. The van der Waals surface area contributed by atoms with Gasteiger partial charge in [-0.15, -0.1) is 0 Å². The number of rotatable bonds is 5. The molecule has 26 heavy (non-hydrogen) atoms. The number of aliphatic hydroxyl groups is 1. The number of carbonyl (C=O) groups excluding carboxylic acids is 2. The number of urea groups is 1. The summed E-state index contributed by atoms with van der Waals surface area (Å²) >= 11 is 1.14. The molecule has 0 unspecified atom stereocenters. The highest BCUT2D eigenvalue weighted by Gasteiger charge is 2.28. The summed E-state index contributed by atoms with van der Waals surface area (Å²) in [5.74, 6) is 0.368. The number of amides is 2. The number of hydrogen-bond donors (Lipinski definition) is 4. The number of aromatic nitrogens is 2. The van der Waals surface area contributed by atoms with Crippen LogP contribution in [0, 0.1) is 0 Å². The average molecular weight is 373 g/mol. The van der Waals surface area contributed by atoms with E-state index in [1.807, 2.05) is 6.92 Å². The Morgan fingerprint density at radius 2 is 2.12 bits per heavy atom. The first kappa shape index (κ1) is 17.9. The fourth-order valence-corrected chi connectivity index (χ4v) is 3.61. The van der Waals surface area contributed by atoms with Crippen LogP contribution in [0.3, 0.4) is 0 Å². The molecule has 3 rings (SSSR count). The second-order valence-electron chi connectivity index (χ2n) is 5.62. The maximum atomic E-state index is 12.7. The number of aliphatic hydroxyl groups excluding tert-OH is 1. The van der Waals surface area contributed by atoms with E-state index in [0.717, 1.165) is 17.9 Å². The molecule has 2 heterocycles. The van der Waals surface area contributed by atoms with E-state index in [1.165, 1.54) is 13.2 Å². The largest absolute Gasteiger partial charge is 0.506 e. The summed E-state index contributed by atoms with van der Waals surface area (Å²) in [5, 5.41) is 19.0. The summed E-state index contributed by atoms with van der Waals surface area (Å²) < 4.78 is 0. The predicted molar refractivity (Wildman–Crippen MR) is 101 cm³/mol. The first-order valence-electron chi connectivity index (χ1n) is 8.19. The molecule has 9 heteroatoms. The van der Waals surface area contributed by atoms with Gasteiger partial charge in [-0.05, 0) is 31.9 Å². The lowest BCUT2D eigenvalue weighted by Gasteiger charge is -2.14. The Hall–Kier alpha value is -2.94. The first-order chi connectivity index (χ1) is 12.5. The van der Waals surface area contributed by atoms with Crippen molar-refractivity contribution in [1.82, 2.24) is 15.3 Å². The normalized spacial score (nSPS) is 13.2. The summed E-state index contributed by atoms with van der Waals surface area (Å²) in [7, 11) is 1.51. The number of Topliss-reactive ketones (excluding diaryl/α,β-unsaturated/α-hetero) is 1. The number of fused-ring (bicyclic) bond motifs is 1. The molecular weight excluding hydrogens is 354 g/mol. The molecule has 4 N–H and O–H groups in total. The summed E-state index contributed by atoms with van der Waals surface area (Å²) in [6.45, 7) is 2.71. The van der Waals surface area contributed by atoms with Crippen molar-refractivity contribution in [2.24, 2.45) is 0 Å². The molecule has 0 aliphatic heterocycles. The van der Waals surface area contributed by atoms with Gasteiger partial charge in [0.15, 0.2) is 10.9 Å². The van der Waals surface area contributed by atoms with Crippen molar-refractivity contribution in [3.8, 4) is 0 Å². The van der Waals surface area contributed by atoms with Crippen LogP contribution >= 0.6 is 11.3 Å². The van der Waals surface area contributed by atoms with Crippen molar-refractivity contribution < 1.29 is 14.7 Å². The third-order valence-electron chi connectivity index (χ3n) is 3.92. The molecular formula is C17H19N5O3S. The third kappa shape index (κ3) is 3.52. The Morgan fingerprint density at radius 3 is 2.77 bits per heavy atom. The maximum absolute atomic E-state index is 12.7. The number of nitrogens with one attached hydrogen (secondary N) is 3. The molecule has 0 saturated heterocycles. The van der Waals surface area contributed by atoms with E-state index in [-0.39, 0.29) is 17.6 Å². The van der Waals surface area contributed by atoms with E-state index in [9.17, 15) is 14.7 Å². The lowest BCUT2D eigenvalue weighted by molar-refractivity contribution is 0.102. The zero-order valence-electron chi connectivity index (χ0n) is 14.4. The second kappa shape index (κ2) is 7.52. The predicted octanol–water partition coefficient (Wildman–Crippen LogP) is 2.82. The fourth-order valence-electron chi connectivity index (χ4n) is 2.63. The number of nitrogens with zero attached hydrogens (tertiary/aromatic N) is 2. The average Bonchev–Trinajstić information content (AvgIpc) is 3.06. The summed E-state index contributed by atoms with van der Waals surface area (Å²) in [4.78, 5) is 33.2. The Bertz CT molecular complexity index is 873. The highest BCUT2D eigenvalue weighted by molar-refractivity contribution is 7.16. The molecule has 0 aromatic carbocycles. The molecule has 8 nitrogen and oxygen atoms in total. The number of ketones is 1. The lowest BCUT2D eigenvalue weighted by atomic mass is 9.93. The quantitative estimate of drug-likeness (QED) is 0.599. The molecule has 2 amide bonds.